The third-order valence-electron chi connectivity index (χ3n) is 5.45. The molecule has 34 heavy (non-hydrogen) atoms. The van der Waals surface area contributed by atoms with Crippen molar-refractivity contribution in [2.24, 2.45) is 0 Å². The first-order chi connectivity index (χ1) is 16.0. The standard InChI is InChI=1S/C22H23F3N4O4S/c1-3-29-20(33-18-9-7-16(8-10-18)22(23,24)25)12-19(27-29)15-5-4-6-17(11-15)21(13-32-14-21)28-34(30,31)26-2/h4-12,26,28H,3,13-14H2,1-2H3. The second-order valence-corrected chi connectivity index (χ2v) is 9.39. The van der Waals surface area contributed by atoms with Crippen molar-refractivity contribution in [3.8, 4) is 22.9 Å². The van der Waals surface area contributed by atoms with E-state index in [0.717, 1.165) is 17.7 Å². The highest BCUT2D eigenvalue weighted by Gasteiger charge is 2.43. The maximum Gasteiger partial charge on any atom is 0.416 e. The van der Waals surface area contributed by atoms with E-state index in [4.69, 9.17) is 9.47 Å². The Morgan fingerprint density at radius 3 is 2.41 bits per heavy atom. The van der Waals surface area contributed by atoms with E-state index in [1.807, 2.05) is 19.1 Å². The van der Waals surface area contributed by atoms with Crippen LogP contribution in [0, 0.1) is 0 Å². The molecule has 0 radical (unpaired) electrons. The summed E-state index contributed by atoms with van der Waals surface area (Å²) in [5, 5.41) is 4.54. The topological polar surface area (TPSA) is 94.5 Å². The summed E-state index contributed by atoms with van der Waals surface area (Å²) in [6.07, 6.45) is -4.42. The summed E-state index contributed by atoms with van der Waals surface area (Å²) in [4.78, 5) is 0. The van der Waals surface area contributed by atoms with Gasteiger partial charge in [0.05, 0.1) is 24.5 Å². The van der Waals surface area contributed by atoms with E-state index >= 15 is 0 Å². The quantitative estimate of drug-likeness (QED) is 0.497. The molecule has 0 unspecified atom stereocenters. The molecule has 1 aromatic heterocycles. The highest BCUT2D eigenvalue weighted by Crippen LogP contribution is 2.35. The lowest BCUT2D eigenvalue weighted by Crippen LogP contribution is -2.60. The van der Waals surface area contributed by atoms with Gasteiger partial charge in [0.25, 0.3) is 10.2 Å². The molecule has 182 valence electrons. The second kappa shape index (κ2) is 9.02. The molecule has 4 rings (SSSR count). The Balaban J connectivity index is 1.61. The Labute approximate surface area is 194 Å². The van der Waals surface area contributed by atoms with Gasteiger partial charge in [-0.1, -0.05) is 18.2 Å². The Kier molecular flexibility index (Phi) is 6.42. The highest BCUT2D eigenvalue weighted by atomic mass is 32.2. The molecule has 2 aromatic carbocycles. The molecule has 2 N–H and O–H groups in total. The molecule has 1 aliphatic rings. The maximum absolute atomic E-state index is 12.8. The smallest absolute Gasteiger partial charge is 0.416 e. The number of benzene rings is 2. The van der Waals surface area contributed by atoms with Crippen LogP contribution in [0.3, 0.4) is 0 Å². The SMILES string of the molecule is CCn1nc(-c2cccc(C3(NS(=O)(=O)NC)COC3)c2)cc1Oc1ccc(C(F)(F)F)cc1. The molecule has 0 aliphatic carbocycles. The van der Waals surface area contributed by atoms with Crippen LogP contribution in [0.1, 0.15) is 18.1 Å². The third-order valence-corrected chi connectivity index (χ3v) is 6.65. The lowest BCUT2D eigenvalue weighted by atomic mass is 9.88. The molecule has 0 atom stereocenters. The molecule has 1 fully saturated rings. The second-order valence-electron chi connectivity index (χ2n) is 7.77. The fourth-order valence-electron chi connectivity index (χ4n) is 3.56. The fraction of sp³-hybridized carbons (Fsp3) is 0.318. The van der Waals surface area contributed by atoms with Gasteiger partial charge in [0.2, 0.25) is 5.88 Å². The average molecular weight is 497 g/mol. The van der Waals surface area contributed by atoms with Crippen molar-refractivity contribution in [3.05, 3.63) is 65.7 Å². The number of nitrogens with one attached hydrogen (secondary N) is 2. The number of aryl methyl sites for hydroxylation is 1. The van der Waals surface area contributed by atoms with Gasteiger partial charge in [-0.3, -0.25) is 0 Å². The van der Waals surface area contributed by atoms with Crippen molar-refractivity contribution >= 4 is 10.2 Å². The average Bonchev–Trinajstić information content (AvgIpc) is 3.19. The van der Waals surface area contributed by atoms with Gasteiger partial charge in [0, 0.05) is 25.2 Å². The molecule has 0 bridgehead atoms. The number of hydrogen-bond donors (Lipinski definition) is 2. The van der Waals surface area contributed by atoms with Crippen molar-refractivity contribution in [3.63, 3.8) is 0 Å². The summed E-state index contributed by atoms with van der Waals surface area (Å²) in [6.45, 7) is 2.70. The van der Waals surface area contributed by atoms with Crippen molar-refractivity contribution in [2.75, 3.05) is 20.3 Å². The van der Waals surface area contributed by atoms with Crippen molar-refractivity contribution in [1.82, 2.24) is 19.2 Å². The summed E-state index contributed by atoms with van der Waals surface area (Å²) in [5.41, 5.74) is 0.343. The molecule has 2 heterocycles. The zero-order valence-electron chi connectivity index (χ0n) is 18.4. The minimum Gasteiger partial charge on any atom is -0.439 e. The summed E-state index contributed by atoms with van der Waals surface area (Å²) in [7, 11) is -2.39. The Morgan fingerprint density at radius 1 is 1.15 bits per heavy atom. The van der Waals surface area contributed by atoms with E-state index in [2.05, 4.69) is 14.5 Å². The van der Waals surface area contributed by atoms with Crippen LogP contribution in [-0.2, 0) is 33.2 Å². The normalized spacial score (nSPS) is 15.7. The lowest BCUT2D eigenvalue weighted by molar-refractivity contribution is -0.137. The number of halogens is 3. The van der Waals surface area contributed by atoms with Gasteiger partial charge in [-0.05, 0) is 42.8 Å². The number of rotatable bonds is 8. The number of aromatic nitrogens is 2. The predicted molar refractivity (Wildman–Crippen MR) is 118 cm³/mol. The molecule has 3 aromatic rings. The molecule has 8 nitrogen and oxygen atoms in total. The first kappa shape index (κ1) is 24.2. The number of alkyl halides is 3. The van der Waals surface area contributed by atoms with Gasteiger partial charge in [-0.2, -0.15) is 31.4 Å². The third kappa shape index (κ3) is 4.94. The van der Waals surface area contributed by atoms with Gasteiger partial charge in [-0.25, -0.2) is 9.40 Å². The van der Waals surface area contributed by atoms with Crippen LogP contribution in [0.15, 0.2) is 54.6 Å². The number of ether oxygens (including phenoxy) is 2. The van der Waals surface area contributed by atoms with Gasteiger partial charge in [0.15, 0.2) is 0 Å². The van der Waals surface area contributed by atoms with E-state index in [9.17, 15) is 21.6 Å². The monoisotopic (exact) mass is 496 g/mol. The van der Waals surface area contributed by atoms with Crippen molar-refractivity contribution in [2.45, 2.75) is 25.2 Å². The molecule has 0 saturated carbocycles. The summed E-state index contributed by atoms with van der Waals surface area (Å²) in [6, 6.07) is 13.4. The molecule has 1 aliphatic heterocycles. The summed E-state index contributed by atoms with van der Waals surface area (Å²) >= 11 is 0. The van der Waals surface area contributed by atoms with Crippen molar-refractivity contribution < 1.29 is 31.1 Å². The minimum atomic E-state index is -4.42. The maximum atomic E-state index is 12.8. The van der Waals surface area contributed by atoms with E-state index in [1.165, 1.54) is 19.2 Å². The zero-order chi connectivity index (χ0) is 24.6. The van der Waals surface area contributed by atoms with Gasteiger partial charge >= 0.3 is 6.18 Å². The van der Waals surface area contributed by atoms with Crippen LogP contribution < -0.4 is 14.2 Å². The fourth-order valence-corrected chi connectivity index (χ4v) is 4.41. The molecule has 0 amide bonds. The first-order valence-electron chi connectivity index (χ1n) is 10.4. The van der Waals surface area contributed by atoms with Gasteiger partial charge in [0.1, 0.15) is 11.3 Å². The predicted octanol–water partition coefficient (Wildman–Crippen LogP) is 3.66. The van der Waals surface area contributed by atoms with E-state index in [-0.39, 0.29) is 19.0 Å². The van der Waals surface area contributed by atoms with Crippen LogP contribution in [-0.4, -0.2) is 38.5 Å². The summed E-state index contributed by atoms with van der Waals surface area (Å²) in [5.74, 6) is 0.607. The van der Waals surface area contributed by atoms with E-state index in [0.29, 0.717) is 23.7 Å². The minimum absolute atomic E-state index is 0.184. The van der Waals surface area contributed by atoms with Gasteiger partial charge < -0.3 is 9.47 Å². The van der Waals surface area contributed by atoms with Crippen LogP contribution in [0.5, 0.6) is 11.6 Å². The van der Waals surface area contributed by atoms with E-state index in [1.54, 1.807) is 22.9 Å². The lowest BCUT2D eigenvalue weighted by Gasteiger charge is -2.42. The van der Waals surface area contributed by atoms with Gasteiger partial charge in [-0.15, -0.1) is 0 Å². The Bertz CT molecular complexity index is 1270. The van der Waals surface area contributed by atoms with Crippen molar-refractivity contribution in [1.29, 1.82) is 0 Å². The molecular weight excluding hydrogens is 473 g/mol. The first-order valence-corrected chi connectivity index (χ1v) is 11.9. The zero-order valence-corrected chi connectivity index (χ0v) is 19.2. The van der Waals surface area contributed by atoms with Crippen LogP contribution in [0.2, 0.25) is 0 Å². The highest BCUT2D eigenvalue weighted by molar-refractivity contribution is 7.87. The largest absolute Gasteiger partial charge is 0.439 e. The molecule has 0 spiro atoms. The summed E-state index contributed by atoms with van der Waals surface area (Å²) < 4.78 is 80.2. The molecule has 1 saturated heterocycles. The number of nitrogens with zero attached hydrogens (tertiary/aromatic N) is 2. The number of hydrogen-bond acceptors (Lipinski definition) is 5. The molecule has 12 heteroatoms. The van der Waals surface area contributed by atoms with Crippen LogP contribution in [0.25, 0.3) is 11.3 Å². The molecular formula is C22H23F3N4O4S. The Hall–Kier alpha value is -2.93. The van der Waals surface area contributed by atoms with Crippen LogP contribution >= 0.6 is 0 Å². The van der Waals surface area contributed by atoms with E-state index < -0.39 is 27.5 Å². The Morgan fingerprint density at radius 2 is 1.85 bits per heavy atom. The van der Waals surface area contributed by atoms with Crippen LogP contribution in [0.4, 0.5) is 13.2 Å².